The number of nitrogens with zero attached hydrogens (tertiary/aromatic N) is 1. The highest BCUT2D eigenvalue weighted by atomic mass is 32.2. The van der Waals surface area contributed by atoms with Crippen LogP contribution < -0.4 is 5.46 Å². The molecule has 0 spiro atoms. The summed E-state index contributed by atoms with van der Waals surface area (Å²) in [7, 11) is -1.54. The van der Waals surface area contributed by atoms with Crippen LogP contribution >= 0.6 is 0 Å². The van der Waals surface area contributed by atoms with E-state index in [2.05, 4.69) is 4.98 Å². The van der Waals surface area contributed by atoms with Gasteiger partial charge in [0, 0.05) is 11.8 Å². The van der Waals surface area contributed by atoms with Crippen LogP contribution in [-0.4, -0.2) is 44.2 Å². The van der Waals surface area contributed by atoms with E-state index in [1.165, 1.54) is 0 Å². The molecule has 2 aromatic carbocycles. The molecule has 30 heavy (non-hydrogen) atoms. The highest BCUT2D eigenvalue weighted by molar-refractivity contribution is 7.90. The van der Waals surface area contributed by atoms with Gasteiger partial charge in [-0.05, 0) is 83.1 Å². The molecule has 7 heteroatoms. The van der Waals surface area contributed by atoms with Gasteiger partial charge in [0.05, 0.1) is 11.8 Å². The summed E-state index contributed by atoms with van der Waals surface area (Å²) < 4.78 is 11.7. The number of rotatable bonds is 7. The monoisotopic (exact) mass is 421 g/mol. The third kappa shape index (κ3) is 5.81. The van der Waals surface area contributed by atoms with Crippen LogP contribution in [-0.2, 0) is 17.6 Å². The first kappa shape index (κ1) is 22.3. The van der Waals surface area contributed by atoms with Gasteiger partial charge in [0.1, 0.15) is 6.26 Å². The molecule has 0 bridgehead atoms. The fourth-order valence-corrected chi connectivity index (χ4v) is 3.67. The van der Waals surface area contributed by atoms with E-state index in [1.54, 1.807) is 37.6 Å². The van der Waals surface area contributed by atoms with Crippen molar-refractivity contribution < 1.29 is 19.7 Å². The predicted octanol–water partition coefficient (Wildman–Crippen LogP) is 2.01. The van der Waals surface area contributed by atoms with Crippen molar-refractivity contribution in [2.24, 2.45) is 0 Å². The Balaban J connectivity index is 2.05. The number of aliphatic hydroxyl groups is 1. The molecule has 3 aromatic rings. The molecule has 2 atom stereocenters. The molecule has 0 aliphatic carbocycles. The van der Waals surface area contributed by atoms with Crippen LogP contribution in [0.5, 0.6) is 0 Å². The van der Waals surface area contributed by atoms with Crippen molar-refractivity contribution in [3.8, 4) is 0 Å². The molecule has 5 nitrogen and oxygen atoms in total. The van der Waals surface area contributed by atoms with Crippen LogP contribution in [0.4, 0.5) is 0 Å². The second kappa shape index (κ2) is 10.1. The van der Waals surface area contributed by atoms with Crippen molar-refractivity contribution in [1.29, 1.82) is 0 Å². The second-order valence-electron chi connectivity index (χ2n) is 7.19. The summed E-state index contributed by atoms with van der Waals surface area (Å²) in [5.74, 6) is 0. The fourth-order valence-electron chi connectivity index (χ4n) is 3.15. The molecule has 0 fully saturated rings. The van der Waals surface area contributed by atoms with Crippen molar-refractivity contribution in [3.05, 3.63) is 89.2 Å². The summed E-state index contributed by atoms with van der Waals surface area (Å²) in [6, 6.07) is 18.3. The van der Waals surface area contributed by atoms with E-state index in [9.17, 15) is 19.7 Å². The number of hydrogen-bond acceptors (Lipinski definition) is 5. The molecular formula is C23H24BNO4S. The van der Waals surface area contributed by atoms with E-state index in [-0.39, 0.29) is 0 Å². The number of aliphatic hydroxyl groups excluding tert-OH is 1. The van der Waals surface area contributed by atoms with E-state index in [0.717, 1.165) is 32.9 Å². The third-order valence-corrected chi connectivity index (χ3v) is 5.58. The van der Waals surface area contributed by atoms with Crippen LogP contribution in [0.1, 0.15) is 29.3 Å². The molecule has 3 rings (SSSR count). The largest absolute Gasteiger partial charge is 0.612 e. The van der Waals surface area contributed by atoms with Crippen LogP contribution in [0.3, 0.4) is 0 Å². The maximum absolute atomic E-state index is 11.7. The summed E-state index contributed by atoms with van der Waals surface area (Å²) in [6.07, 6.45) is 5.40. The van der Waals surface area contributed by atoms with E-state index in [4.69, 9.17) is 0 Å². The molecule has 2 unspecified atom stereocenters. The van der Waals surface area contributed by atoms with Gasteiger partial charge in [-0.3, -0.25) is 4.98 Å². The van der Waals surface area contributed by atoms with Gasteiger partial charge in [0.25, 0.3) is 0 Å². The number of aromatic nitrogens is 1. The van der Waals surface area contributed by atoms with Gasteiger partial charge < -0.3 is 19.7 Å². The molecule has 0 amide bonds. The van der Waals surface area contributed by atoms with E-state index in [1.807, 2.05) is 48.5 Å². The molecule has 1 heterocycles. The van der Waals surface area contributed by atoms with Crippen LogP contribution in [0, 0.1) is 0 Å². The normalized spacial score (nSPS) is 13.7. The highest BCUT2D eigenvalue weighted by Gasteiger charge is 2.13. The lowest BCUT2D eigenvalue weighted by molar-refractivity contribution is 0.195. The Morgan fingerprint density at radius 1 is 1.13 bits per heavy atom. The van der Waals surface area contributed by atoms with Gasteiger partial charge in [0.15, 0.2) is 4.90 Å². The fraction of sp³-hybridized carbons (Fsp3) is 0.174. The Labute approximate surface area is 180 Å². The van der Waals surface area contributed by atoms with Gasteiger partial charge in [0.2, 0.25) is 0 Å². The zero-order valence-electron chi connectivity index (χ0n) is 16.9. The maximum atomic E-state index is 11.7. The van der Waals surface area contributed by atoms with Crippen molar-refractivity contribution in [2.45, 2.75) is 24.3 Å². The SMILES string of the molecule is CC(O)Cc1ccc(C(=Cc2cccc(B(O)O)c2)c2ccc([S+](C)[O-])cc2)nc1. The molecule has 1 aromatic heterocycles. The summed E-state index contributed by atoms with van der Waals surface area (Å²) in [5.41, 5.74) is 4.63. The standard InChI is InChI=1S/C23H24BNO4S/c1-16(26)12-18-6-11-23(25-15-18)22(19-7-9-21(10-8-19)30(2)29)14-17-4-3-5-20(13-17)24(27)28/h3-11,13-16,26-28H,12H2,1-2H3. The Hall–Kier alpha value is -2.42. The zero-order chi connectivity index (χ0) is 21.7. The number of hydrogen-bond donors (Lipinski definition) is 3. The lowest BCUT2D eigenvalue weighted by Crippen LogP contribution is -2.29. The minimum Gasteiger partial charge on any atom is -0.612 e. The smallest absolute Gasteiger partial charge is 0.488 e. The summed E-state index contributed by atoms with van der Waals surface area (Å²) in [5, 5.41) is 28.5. The van der Waals surface area contributed by atoms with Crippen molar-refractivity contribution in [1.82, 2.24) is 4.98 Å². The summed E-state index contributed by atoms with van der Waals surface area (Å²) in [6.45, 7) is 1.74. The average molecular weight is 421 g/mol. The molecule has 0 aliphatic heterocycles. The van der Waals surface area contributed by atoms with Crippen molar-refractivity contribution >= 4 is 35.4 Å². The molecule has 3 N–H and O–H groups in total. The van der Waals surface area contributed by atoms with Crippen LogP contribution in [0.2, 0.25) is 0 Å². The zero-order valence-corrected chi connectivity index (χ0v) is 17.7. The molecule has 154 valence electrons. The first-order valence-electron chi connectivity index (χ1n) is 9.58. The topological polar surface area (TPSA) is 96.6 Å². The quantitative estimate of drug-likeness (QED) is 0.308. The maximum Gasteiger partial charge on any atom is 0.488 e. The van der Waals surface area contributed by atoms with Gasteiger partial charge in [-0.1, -0.05) is 30.3 Å². The molecular weight excluding hydrogens is 397 g/mol. The van der Waals surface area contributed by atoms with Gasteiger partial charge in [-0.15, -0.1) is 0 Å². The lowest BCUT2D eigenvalue weighted by atomic mass is 9.79. The Bertz CT molecular complexity index is 1000. The summed E-state index contributed by atoms with van der Waals surface area (Å²) >= 11 is -1.06. The molecule has 0 saturated heterocycles. The molecule has 0 saturated carbocycles. The Morgan fingerprint density at radius 3 is 2.43 bits per heavy atom. The Morgan fingerprint density at radius 2 is 1.87 bits per heavy atom. The predicted molar refractivity (Wildman–Crippen MR) is 122 cm³/mol. The minimum absolute atomic E-state index is 0.403. The number of benzene rings is 2. The van der Waals surface area contributed by atoms with E-state index >= 15 is 0 Å². The van der Waals surface area contributed by atoms with Crippen LogP contribution in [0.25, 0.3) is 11.6 Å². The lowest BCUT2D eigenvalue weighted by Gasteiger charge is -2.11. The highest BCUT2D eigenvalue weighted by Crippen LogP contribution is 2.26. The van der Waals surface area contributed by atoms with Crippen LogP contribution in [0.15, 0.2) is 71.8 Å². The summed E-state index contributed by atoms with van der Waals surface area (Å²) in [4.78, 5) is 5.32. The van der Waals surface area contributed by atoms with Crippen molar-refractivity contribution in [3.63, 3.8) is 0 Å². The van der Waals surface area contributed by atoms with Gasteiger partial charge in [-0.2, -0.15) is 0 Å². The Kier molecular flexibility index (Phi) is 7.47. The minimum atomic E-state index is -1.54. The van der Waals surface area contributed by atoms with Gasteiger partial charge in [-0.25, -0.2) is 0 Å². The first-order valence-corrected chi connectivity index (χ1v) is 11.1. The van der Waals surface area contributed by atoms with Crippen molar-refractivity contribution in [2.75, 3.05) is 6.26 Å². The van der Waals surface area contributed by atoms with E-state index in [0.29, 0.717) is 11.9 Å². The second-order valence-corrected chi connectivity index (χ2v) is 8.56. The molecule has 0 aliphatic rings. The van der Waals surface area contributed by atoms with E-state index < -0.39 is 24.4 Å². The molecule has 0 radical (unpaired) electrons. The first-order chi connectivity index (χ1) is 14.3. The third-order valence-electron chi connectivity index (χ3n) is 4.65. The number of pyridine rings is 1. The average Bonchev–Trinajstić information content (AvgIpc) is 2.72. The van der Waals surface area contributed by atoms with Gasteiger partial charge >= 0.3 is 7.12 Å².